The third kappa shape index (κ3) is 2.44. The first kappa shape index (κ1) is 12.8. The molecule has 15 heavy (non-hydrogen) atoms. The van der Waals surface area contributed by atoms with Gasteiger partial charge in [0.25, 0.3) is 0 Å². The SMILES string of the molecule is CC1=CC([Si](C)(C)C)C(C)=C1C(C)(C)C. The number of hydrogen-bond donors (Lipinski definition) is 0. The van der Waals surface area contributed by atoms with E-state index in [2.05, 4.69) is 60.3 Å². The van der Waals surface area contributed by atoms with Crippen molar-refractivity contribution >= 4 is 8.07 Å². The van der Waals surface area contributed by atoms with Crippen LogP contribution in [0.15, 0.2) is 22.8 Å². The lowest BCUT2D eigenvalue weighted by Crippen LogP contribution is -2.27. The van der Waals surface area contributed by atoms with Gasteiger partial charge in [0.1, 0.15) is 0 Å². The van der Waals surface area contributed by atoms with Gasteiger partial charge in [0.15, 0.2) is 0 Å². The lowest BCUT2D eigenvalue weighted by Gasteiger charge is -2.28. The van der Waals surface area contributed by atoms with Gasteiger partial charge >= 0.3 is 0 Å². The summed E-state index contributed by atoms with van der Waals surface area (Å²) >= 11 is 0. The van der Waals surface area contributed by atoms with Crippen LogP contribution in [0.5, 0.6) is 0 Å². The molecule has 0 radical (unpaired) electrons. The third-order valence-electron chi connectivity index (χ3n) is 3.35. The van der Waals surface area contributed by atoms with E-state index in [9.17, 15) is 0 Å². The Kier molecular flexibility index (Phi) is 3.08. The first-order valence-electron chi connectivity index (χ1n) is 5.95. The zero-order valence-corrected chi connectivity index (χ0v) is 12.7. The minimum Gasteiger partial charge on any atom is -0.0768 e. The molecule has 0 heterocycles. The lowest BCUT2D eigenvalue weighted by atomic mass is 9.82. The fourth-order valence-corrected chi connectivity index (χ4v) is 5.20. The summed E-state index contributed by atoms with van der Waals surface area (Å²) < 4.78 is 0. The highest BCUT2D eigenvalue weighted by atomic mass is 28.3. The zero-order valence-electron chi connectivity index (χ0n) is 11.7. The van der Waals surface area contributed by atoms with Gasteiger partial charge in [-0.2, -0.15) is 0 Å². The van der Waals surface area contributed by atoms with Crippen LogP contribution in [-0.4, -0.2) is 8.07 Å². The molecule has 1 atom stereocenters. The van der Waals surface area contributed by atoms with E-state index in [0.29, 0.717) is 5.41 Å². The van der Waals surface area contributed by atoms with Crippen molar-refractivity contribution in [3.63, 3.8) is 0 Å². The lowest BCUT2D eigenvalue weighted by molar-refractivity contribution is 0.507. The van der Waals surface area contributed by atoms with E-state index in [-0.39, 0.29) is 0 Å². The van der Waals surface area contributed by atoms with Gasteiger partial charge in [-0.05, 0) is 30.4 Å². The van der Waals surface area contributed by atoms with Crippen molar-refractivity contribution in [2.75, 3.05) is 0 Å². The van der Waals surface area contributed by atoms with Crippen molar-refractivity contribution in [2.24, 2.45) is 5.41 Å². The predicted octanol–water partition coefficient (Wildman–Crippen LogP) is 5.02. The van der Waals surface area contributed by atoms with E-state index < -0.39 is 8.07 Å². The Bertz CT molecular complexity index is 318. The van der Waals surface area contributed by atoms with E-state index in [1.807, 2.05) is 0 Å². The summed E-state index contributed by atoms with van der Waals surface area (Å²) in [6.45, 7) is 19.0. The minimum absolute atomic E-state index is 0.305. The Morgan fingerprint density at radius 1 is 1.07 bits per heavy atom. The first-order valence-corrected chi connectivity index (χ1v) is 9.53. The van der Waals surface area contributed by atoms with Crippen molar-refractivity contribution in [1.29, 1.82) is 0 Å². The maximum absolute atomic E-state index is 2.52. The molecule has 1 unspecified atom stereocenters. The molecule has 0 aromatic carbocycles. The van der Waals surface area contributed by atoms with Crippen LogP contribution < -0.4 is 0 Å². The summed E-state index contributed by atoms with van der Waals surface area (Å²) in [4.78, 5) is 0. The highest BCUT2D eigenvalue weighted by Crippen LogP contribution is 2.47. The van der Waals surface area contributed by atoms with Gasteiger partial charge in [-0.15, -0.1) is 0 Å². The van der Waals surface area contributed by atoms with Gasteiger partial charge in [0.2, 0.25) is 0 Å². The standard InChI is InChI=1S/C14H26Si/c1-10-9-12(15(6,7)8)11(2)13(10)14(3,4)5/h9,12H,1-8H3. The number of hydrogen-bond acceptors (Lipinski definition) is 0. The van der Waals surface area contributed by atoms with Crippen LogP contribution in [-0.2, 0) is 0 Å². The van der Waals surface area contributed by atoms with Gasteiger partial charge in [0, 0.05) is 0 Å². The molecule has 0 aliphatic heterocycles. The van der Waals surface area contributed by atoms with Crippen LogP contribution in [0, 0.1) is 5.41 Å². The maximum Gasteiger partial charge on any atom is 0.0561 e. The molecule has 0 amide bonds. The average Bonchev–Trinajstić information content (AvgIpc) is 2.22. The summed E-state index contributed by atoms with van der Waals surface area (Å²) in [6.07, 6.45) is 2.52. The molecular formula is C14H26Si. The zero-order chi connectivity index (χ0) is 12.0. The van der Waals surface area contributed by atoms with E-state index in [1.165, 1.54) is 5.57 Å². The van der Waals surface area contributed by atoms with E-state index in [4.69, 9.17) is 0 Å². The van der Waals surface area contributed by atoms with Gasteiger partial charge < -0.3 is 0 Å². The molecular weight excluding hydrogens is 196 g/mol. The van der Waals surface area contributed by atoms with Crippen molar-refractivity contribution in [3.8, 4) is 0 Å². The molecule has 0 bridgehead atoms. The fraction of sp³-hybridized carbons (Fsp3) is 0.714. The van der Waals surface area contributed by atoms with Crippen LogP contribution in [0.3, 0.4) is 0 Å². The van der Waals surface area contributed by atoms with Crippen molar-refractivity contribution in [1.82, 2.24) is 0 Å². The van der Waals surface area contributed by atoms with Crippen LogP contribution >= 0.6 is 0 Å². The molecule has 0 N–H and O–H groups in total. The topological polar surface area (TPSA) is 0 Å². The molecule has 0 saturated heterocycles. The Hall–Kier alpha value is -0.303. The molecule has 1 rings (SSSR count). The van der Waals surface area contributed by atoms with Crippen LogP contribution in [0.2, 0.25) is 25.2 Å². The number of rotatable bonds is 1. The van der Waals surface area contributed by atoms with Crippen molar-refractivity contribution in [2.45, 2.75) is 59.8 Å². The van der Waals surface area contributed by atoms with E-state index in [0.717, 1.165) is 5.54 Å². The largest absolute Gasteiger partial charge is 0.0768 e. The maximum atomic E-state index is 2.52. The van der Waals surface area contributed by atoms with Gasteiger partial charge in [0.05, 0.1) is 8.07 Å². The molecule has 1 aliphatic rings. The normalized spacial score (nSPS) is 23.5. The molecule has 1 heteroatoms. The summed E-state index contributed by atoms with van der Waals surface area (Å²) in [7, 11) is -1.08. The second kappa shape index (κ2) is 3.62. The third-order valence-corrected chi connectivity index (χ3v) is 5.82. The first-order chi connectivity index (χ1) is 6.55. The Morgan fingerprint density at radius 2 is 1.53 bits per heavy atom. The Balaban J connectivity index is 3.20. The van der Waals surface area contributed by atoms with E-state index >= 15 is 0 Å². The Morgan fingerprint density at radius 3 is 1.73 bits per heavy atom. The highest BCUT2D eigenvalue weighted by Gasteiger charge is 2.35. The van der Waals surface area contributed by atoms with E-state index in [1.54, 1.807) is 11.1 Å². The summed E-state index contributed by atoms with van der Waals surface area (Å²) in [5, 5.41) is 0. The summed E-state index contributed by atoms with van der Waals surface area (Å²) in [5.74, 6) is 0. The molecule has 86 valence electrons. The van der Waals surface area contributed by atoms with Crippen molar-refractivity contribution in [3.05, 3.63) is 22.8 Å². The molecule has 0 nitrogen and oxygen atoms in total. The number of allylic oxidation sites excluding steroid dienone is 4. The smallest absolute Gasteiger partial charge is 0.0561 e. The molecule has 0 fully saturated rings. The minimum atomic E-state index is -1.08. The van der Waals surface area contributed by atoms with Gasteiger partial charge in [-0.25, -0.2) is 0 Å². The predicted molar refractivity (Wildman–Crippen MR) is 73.0 cm³/mol. The quantitative estimate of drug-likeness (QED) is 0.547. The molecule has 0 spiro atoms. The Labute approximate surface area is 96.5 Å². The van der Waals surface area contributed by atoms with Crippen LogP contribution in [0.1, 0.15) is 34.6 Å². The molecule has 1 aliphatic carbocycles. The van der Waals surface area contributed by atoms with Crippen molar-refractivity contribution < 1.29 is 0 Å². The molecule has 0 aromatic rings. The second-order valence-corrected chi connectivity index (χ2v) is 12.4. The fourth-order valence-electron chi connectivity index (χ4n) is 3.01. The summed E-state index contributed by atoms with van der Waals surface area (Å²) in [6, 6.07) is 0. The molecule has 0 aromatic heterocycles. The highest BCUT2D eigenvalue weighted by molar-refractivity contribution is 6.78. The average molecular weight is 222 g/mol. The van der Waals surface area contributed by atoms with Gasteiger partial charge in [-0.1, -0.05) is 57.6 Å². The second-order valence-electron chi connectivity index (χ2n) is 7.00. The monoisotopic (exact) mass is 222 g/mol. The van der Waals surface area contributed by atoms with Crippen LogP contribution in [0.4, 0.5) is 0 Å². The van der Waals surface area contributed by atoms with Gasteiger partial charge in [-0.3, -0.25) is 0 Å². The molecule has 0 saturated carbocycles. The van der Waals surface area contributed by atoms with Crippen LogP contribution in [0.25, 0.3) is 0 Å². The summed E-state index contributed by atoms with van der Waals surface area (Å²) in [5.41, 5.74) is 5.83.